The molecule has 0 bridgehead atoms. The molecule has 7 heteroatoms. The van der Waals surface area contributed by atoms with Crippen molar-refractivity contribution in [3.8, 4) is 0 Å². The topological polar surface area (TPSA) is 65.0 Å². The second-order valence-electron chi connectivity index (χ2n) is 6.11. The lowest BCUT2D eigenvalue weighted by atomic mass is 9.74. The Morgan fingerprint density at radius 2 is 1.74 bits per heavy atom. The number of benzene rings is 1. The van der Waals surface area contributed by atoms with E-state index < -0.39 is 30.2 Å². The zero-order valence-electron chi connectivity index (χ0n) is 15.8. The lowest BCUT2D eigenvalue weighted by Crippen LogP contribution is -2.37. The predicted molar refractivity (Wildman–Crippen MR) is 96.7 cm³/mol. The molecule has 1 heterocycles. The first-order valence-electron chi connectivity index (χ1n) is 8.80. The predicted octanol–water partition coefficient (Wildman–Crippen LogP) is 4.20. The molecule has 1 aliphatic heterocycles. The average Bonchev–Trinajstić information content (AvgIpc) is 2.61. The Kier molecular flexibility index (Phi) is 6.82. The molecule has 0 amide bonds. The molecule has 1 aromatic carbocycles. The molecule has 2 rings (SSSR count). The lowest BCUT2D eigenvalue weighted by Gasteiger charge is -2.32. The molecule has 1 aliphatic rings. The molecule has 0 spiro atoms. The molecule has 2 unspecified atom stereocenters. The maximum absolute atomic E-state index is 13.7. The number of allylic oxidation sites excluding steroid dienone is 1. The zero-order valence-corrected chi connectivity index (χ0v) is 15.8. The van der Waals surface area contributed by atoms with E-state index in [4.69, 9.17) is 9.47 Å². The van der Waals surface area contributed by atoms with Gasteiger partial charge in [-0.1, -0.05) is 24.3 Å². The van der Waals surface area contributed by atoms with Crippen LogP contribution in [-0.2, 0) is 19.1 Å². The minimum Gasteiger partial charge on any atom is -0.465 e. The summed E-state index contributed by atoms with van der Waals surface area (Å²) < 4.78 is 37.6. The minimum absolute atomic E-state index is 0.105. The number of aliphatic imine (C=N–C) groups is 1. The number of ether oxygens (including phenoxy) is 2. The van der Waals surface area contributed by atoms with E-state index in [9.17, 15) is 18.4 Å². The number of esters is 2. The third-order valence-corrected chi connectivity index (χ3v) is 4.43. The van der Waals surface area contributed by atoms with Crippen LogP contribution in [0.3, 0.4) is 0 Å². The van der Waals surface area contributed by atoms with Gasteiger partial charge in [-0.15, -0.1) is 0 Å². The smallest absolute Gasteiger partial charge is 0.336 e. The van der Waals surface area contributed by atoms with Gasteiger partial charge in [-0.2, -0.15) is 0 Å². The summed E-state index contributed by atoms with van der Waals surface area (Å²) >= 11 is 0. The van der Waals surface area contributed by atoms with E-state index in [1.54, 1.807) is 33.8 Å². The van der Waals surface area contributed by atoms with Gasteiger partial charge in [0.1, 0.15) is 5.92 Å². The van der Waals surface area contributed by atoms with Crippen molar-refractivity contribution in [3.63, 3.8) is 0 Å². The highest BCUT2D eigenvalue weighted by atomic mass is 19.3. The van der Waals surface area contributed by atoms with Gasteiger partial charge in [0, 0.05) is 22.9 Å². The molecule has 2 atom stereocenters. The van der Waals surface area contributed by atoms with Gasteiger partial charge < -0.3 is 9.47 Å². The summed E-state index contributed by atoms with van der Waals surface area (Å²) in [5.41, 5.74) is 0.825. The summed E-state index contributed by atoms with van der Waals surface area (Å²) in [7, 11) is 0. The van der Waals surface area contributed by atoms with Gasteiger partial charge >= 0.3 is 11.9 Å². The van der Waals surface area contributed by atoms with Crippen LogP contribution in [0.15, 0.2) is 40.5 Å². The van der Waals surface area contributed by atoms with Crippen molar-refractivity contribution < 1.29 is 27.8 Å². The average molecular weight is 379 g/mol. The Morgan fingerprint density at radius 3 is 2.33 bits per heavy atom. The molecule has 0 fully saturated rings. The van der Waals surface area contributed by atoms with E-state index in [1.165, 1.54) is 18.2 Å². The van der Waals surface area contributed by atoms with E-state index in [2.05, 4.69) is 4.99 Å². The van der Waals surface area contributed by atoms with Crippen LogP contribution in [0.2, 0.25) is 0 Å². The molecule has 0 N–H and O–H groups in total. The second-order valence-corrected chi connectivity index (χ2v) is 6.11. The van der Waals surface area contributed by atoms with Gasteiger partial charge in [-0.25, -0.2) is 13.6 Å². The first-order chi connectivity index (χ1) is 12.8. The molecular formula is C20H23F2NO4. The number of hydrogen-bond donors (Lipinski definition) is 0. The van der Waals surface area contributed by atoms with Crippen LogP contribution in [-0.4, -0.2) is 30.9 Å². The first-order valence-corrected chi connectivity index (χ1v) is 8.80. The fourth-order valence-electron chi connectivity index (χ4n) is 3.38. The van der Waals surface area contributed by atoms with E-state index in [-0.39, 0.29) is 29.9 Å². The normalized spacial score (nSPS) is 19.7. The van der Waals surface area contributed by atoms with Gasteiger partial charge in [-0.3, -0.25) is 9.79 Å². The molecule has 146 valence electrons. The summed E-state index contributed by atoms with van der Waals surface area (Å²) in [6.45, 7) is 6.79. The third-order valence-electron chi connectivity index (χ3n) is 4.43. The monoisotopic (exact) mass is 379 g/mol. The van der Waals surface area contributed by atoms with E-state index >= 15 is 0 Å². The van der Waals surface area contributed by atoms with Crippen LogP contribution in [0, 0.1) is 5.92 Å². The highest BCUT2D eigenvalue weighted by Crippen LogP contribution is 2.43. The van der Waals surface area contributed by atoms with Gasteiger partial charge in [-0.05, 0) is 33.3 Å². The first kappa shape index (κ1) is 20.7. The van der Waals surface area contributed by atoms with E-state index in [0.717, 1.165) is 0 Å². The summed E-state index contributed by atoms with van der Waals surface area (Å²) in [6, 6.07) is 5.89. The van der Waals surface area contributed by atoms with Crippen LogP contribution in [0.1, 0.15) is 51.2 Å². The van der Waals surface area contributed by atoms with Crippen molar-refractivity contribution in [1.29, 1.82) is 0 Å². The quantitative estimate of drug-likeness (QED) is 0.695. The number of nitrogens with zero attached hydrogens (tertiary/aromatic N) is 1. The highest BCUT2D eigenvalue weighted by molar-refractivity contribution is 6.07. The van der Waals surface area contributed by atoms with Crippen LogP contribution in [0.5, 0.6) is 0 Å². The van der Waals surface area contributed by atoms with Gasteiger partial charge in [0.2, 0.25) is 0 Å². The van der Waals surface area contributed by atoms with Gasteiger partial charge in [0.05, 0.1) is 18.8 Å². The second kappa shape index (κ2) is 8.88. The third kappa shape index (κ3) is 4.23. The van der Waals surface area contributed by atoms with Crippen molar-refractivity contribution in [3.05, 3.63) is 46.7 Å². The van der Waals surface area contributed by atoms with Crippen LogP contribution in [0.4, 0.5) is 8.78 Å². The number of rotatable bonds is 6. The van der Waals surface area contributed by atoms with Crippen LogP contribution in [0.25, 0.3) is 0 Å². The van der Waals surface area contributed by atoms with Gasteiger partial charge in [0.25, 0.3) is 6.43 Å². The largest absolute Gasteiger partial charge is 0.465 e. The molecule has 5 nitrogen and oxygen atoms in total. The molecule has 0 aliphatic carbocycles. The fourth-order valence-corrected chi connectivity index (χ4v) is 3.38. The summed E-state index contributed by atoms with van der Waals surface area (Å²) in [5.74, 6) is -3.21. The Morgan fingerprint density at radius 1 is 1.11 bits per heavy atom. The Balaban J connectivity index is 2.72. The van der Waals surface area contributed by atoms with Crippen LogP contribution >= 0.6 is 0 Å². The number of carbonyl (C=O) groups excluding carboxylic acids is 2. The molecule has 0 saturated heterocycles. The van der Waals surface area contributed by atoms with E-state index in [1.807, 2.05) is 0 Å². The minimum atomic E-state index is -2.76. The standard InChI is InChI=1S/C20H23F2NO4/c1-5-26-19(24)15-11(3)23-12(4)16(20(25)27-6-2)17(15)13-9-7-8-10-14(13)18(21)22/h7-10,15,17-18H,5-6H2,1-4H3. The Labute approximate surface area is 157 Å². The number of halogens is 2. The maximum atomic E-state index is 13.7. The van der Waals surface area contributed by atoms with Crippen molar-refractivity contribution in [2.45, 2.75) is 40.0 Å². The zero-order chi connectivity index (χ0) is 20.1. The van der Waals surface area contributed by atoms with Gasteiger partial charge in [0.15, 0.2) is 0 Å². The SMILES string of the molecule is CCOC(=O)C1=C(C)N=C(C)C(C(=O)OCC)C1c1ccccc1C(F)F. The number of alkyl halides is 2. The molecule has 1 aromatic rings. The highest BCUT2D eigenvalue weighted by Gasteiger charge is 2.43. The molecule has 0 radical (unpaired) electrons. The summed E-state index contributed by atoms with van der Waals surface area (Å²) in [6.07, 6.45) is -2.76. The summed E-state index contributed by atoms with van der Waals surface area (Å²) in [5, 5.41) is 0. The summed E-state index contributed by atoms with van der Waals surface area (Å²) in [4.78, 5) is 29.6. The number of hydrogen-bond acceptors (Lipinski definition) is 5. The molecule has 0 aromatic heterocycles. The van der Waals surface area contributed by atoms with E-state index in [0.29, 0.717) is 11.4 Å². The van der Waals surface area contributed by atoms with Crippen LogP contribution < -0.4 is 0 Å². The Bertz CT molecular complexity index is 786. The van der Waals surface area contributed by atoms with Crippen molar-refractivity contribution in [2.24, 2.45) is 10.9 Å². The Hall–Kier alpha value is -2.57. The molecular weight excluding hydrogens is 356 g/mol. The van der Waals surface area contributed by atoms with Crippen molar-refractivity contribution in [2.75, 3.05) is 13.2 Å². The lowest BCUT2D eigenvalue weighted by molar-refractivity contribution is -0.146. The van der Waals surface area contributed by atoms with Crippen molar-refractivity contribution in [1.82, 2.24) is 0 Å². The molecule has 27 heavy (non-hydrogen) atoms. The fraction of sp³-hybridized carbons (Fsp3) is 0.450. The van der Waals surface area contributed by atoms with Crippen molar-refractivity contribution >= 4 is 17.7 Å². The molecule has 0 saturated carbocycles. The maximum Gasteiger partial charge on any atom is 0.336 e. The number of carbonyl (C=O) groups is 2.